The van der Waals surface area contributed by atoms with Crippen molar-refractivity contribution in [2.75, 3.05) is 25.7 Å². The summed E-state index contributed by atoms with van der Waals surface area (Å²) in [4.78, 5) is 11.6. The number of nitrogens with one attached hydrogen (secondary N) is 1. The second-order valence-corrected chi connectivity index (χ2v) is 7.70. The first kappa shape index (κ1) is 19.3. The minimum Gasteiger partial charge on any atom is -0.493 e. The van der Waals surface area contributed by atoms with Crippen molar-refractivity contribution in [3.8, 4) is 17.2 Å². The molecular weight excluding hydrogens is 399 g/mol. The van der Waals surface area contributed by atoms with E-state index in [-0.39, 0.29) is 0 Å². The Kier molecular flexibility index (Phi) is 4.53. The monoisotopic (exact) mass is 421 g/mol. The number of aromatic nitrogens is 5. The van der Waals surface area contributed by atoms with Gasteiger partial charge in [-0.25, -0.2) is 9.37 Å². The highest BCUT2D eigenvalue weighted by Gasteiger charge is 2.42. The molecule has 0 spiro atoms. The highest BCUT2D eigenvalue weighted by molar-refractivity contribution is 5.80. The van der Waals surface area contributed by atoms with Crippen molar-refractivity contribution in [1.82, 2.24) is 25.0 Å². The number of aromatic amines is 1. The zero-order valence-electron chi connectivity index (χ0n) is 17.5. The maximum Gasteiger partial charge on any atom is 0.163 e. The van der Waals surface area contributed by atoms with Crippen LogP contribution in [0.25, 0.3) is 16.7 Å². The quantitative estimate of drug-likeness (QED) is 0.530. The zero-order valence-corrected chi connectivity index (χ0v) is 17.5. The Morgan fingerprint density at radius 3 is 2.58 bits per heavy atom. The normalized spacial score (nSPS) is 18.6. The zero-order chi connectivity index (χ0) is 21.6. The molecule has 159 valence electrons. The van der Waals surface area contributed by atoms with Crippen LogP contribution in [0.2, 0.25) is 0 Å². The van der Waals surface area contributed by atoms with Gasteiger partial charge in [-0.1, -0.05) is 0 Å². The summed E-state index contributed by atoms with van der Waals surface area (Å²) in [6, 6.07) is 10.0. The Morgan fingerprint density at radius 1 is 1.13 bits per heavy atom. The van der Waals surface area contributed by atoms with E-state index in [4.69, 9.17) is 14.5 Å². The predicted octanol–water partition coefficient (Wildman–Crippen LogP) is 3.62. The van der Waals surface area contributed by atoms with Gasteiger partial charge in [0.05, 0.1) is 60.6 Å². The second-order valence-electron chi connectivity index (χ2n) is 7.70. The van der Waals surface area contributed by atoms with Crippen molar-refractivity contribution in [3.05, 3.63) is 54.4 Å². The molecule has 0 amide bonds. The largest absolute Gasteiger partial charge is 0.493 e. The number of fused-ring (bicyclic) bond motifs is 1. The molecule has 31 heavy (non-hydrogen) atoms. The smallest absolute Gasteiger partial charge is 0.163 e. The van der Waals surface area contributed by atoms with Crippen molar-refractivity contribution in [2.45, 2.75) is 25.3 Å². The Balaban J connectivity index is 1.55. The number of nitrogens with zero attached hydrogens (tertiary/aromatic N) is 5. The molecule has 2 aromatic carbocycles. The number of ether oxygens (including phenoxy) is 2. The number of hydrogen-bond donors (Lipinski definition) is 1. The van der Waals surface area contributed by atoms with E-state index in [1.807, 2.05) is 17.0 Å². The van der Waals surface area contributed by atoms with Gasteiger partial charge in [-0.3, -0.25) is 0 Å². The van der Waals surface area contributed by atoms with Gasteiger partial charge in [-0.05, 0) is 31.9 Å². The van der Waals surface area contributed by atoms with Crippen LogP contribution in [0.3, 0.4) is 0 Å². The first-order valence-electron chi connectivity index (χ1n) is 10.0. The number of imidazole rings is 1. The molecule has 1 atom stereocenters. The van der Waals surface area contributed by atoms with Crippen LogP contribution < -0.4 is 14.4 Å². The number of H-pyrrole nitrogens is 1. The Labute approximate surface area is 178 Å². The third-order valence-corrected chi connectivity index (χ3v) is 5.93. The SMILES string of the molecule is COc1cc2nc([C@]3(C)CCCN3c3ccc(-n4nccn4)[c]c3F)[nH]c2cc1OC. The van der Waals surface area contributed by atoms with Crippen LogP contribution in [0.15, 0.2) is 36.7 Å². The minimum atomic E-state index is -0.500. The number of anilines is 1. The molecular formula is C22H22FN6O2. The van der Waals surface area contributed by atoms with E-state index < -0.39 is 11.4 Å². The van der Waals surface area contributed by atoms with E-state index in [0.717, 1.165) is 29.7 Å². The van der Waals surface area contributed by atoms with Gasteiger partial charge in [0.1, 0.15) is 5.82 Å². The molecule has 8 nitrogen and oxygen atoms in total. The van der Waals surface area contributed by atoms with Crippen LogP contribution in [0.1, 0.15) is 25.6 Å². The molecule has 1 N–H and O–H groups in total. The third kappa shape index (κ3) is 3.08. The van der Waals surface area contributed by atoms with E-state index >= 15 is 4.39 Å². The molecule has 1 aliphatic heterocycles. The number of benzene rings is 2. The topological polar surface area (TPSA) is 81.1 Å². The third-order valence-electron chi connectivity index (χ3n) is 5.93. The molecule has 0 aliphatic carbocycles. The van der Waals surface area contributed by atoms with Gasteiger partial charge in [0, 0.05) is 18.7 Å². The van der Waals surface area contributed by atoms with Gasteiger partial charge in [0.25, 0.3) is 0 Å². The van der Waals surface area contributed by atoms with E-state index in [2.05, 4.69) is 28.2 Å². The number of halogens is 1. The molecule has 1 fully saturated rings. The van der Waals surface area contributed by atoms with Crippen LogP contribution >= 0.6 is 0 Å². The van der Waals surface area contributed by atoms with Crippen molar-refractivity contribution in [2.24, 2.45) is 0 Å². The van der Waals surface area contributed by atoms with Gasteiger partial charge < -0.3 is 19.4 Å². The van der Waals surface area contributed by atoms with E-state index in [0.29, 0.717) is 29.4 Å². The lowest BCUT2D eigenvalue weighted by atomic mass is 9.97. The Morgan fingerprint density at radius 2 is 1.87 bits per heavy atom. The average Bonchev–Trinajstić information content (AvgIpc) is 3.52. The molecule has 0 unspecified atom stereocenters. The fraction of sp³-hybridized carbons (Fsp3) is 0.318. The predicted molar refractivity (Wildman–Crippen MR) is 113 cm³/mol. The van der Waals surface area contributed by atoms with Crippen LogP contribution in [0.5, 0.6) is 11.5 Å². The summed E-state index contributed by atoms with van der Waals surface area (Å²) in [6.07, 6.45) is 4.84. The summed E-state index contributed by atoms with van der Waals surface area (Å²) in [5.41, 5.74) is 2.04. The average molecular weight is 421 g/mol. The van der Waals surface area contributed by atoms with Gasteiger partial charge in [-0.2, -0.15) is 15.0 Å². The maximum absolute atomic E-state index is 15.1. The summed E-state index contributed by atoms with van der Waals surface area (Å²) >= 11 is 0. The summed E-state index contributed by atoms with van der Waals surface area (Å²) in [7, 11) is 3.20. The van der Waals surface area contributed by atoms with Crippen molar-refractivity contribution >= 4 is 16.7 Å². The van der Waals surface area contributed by atoms with Crippen LogP contribution in [0, 0.1) is 11.9 Å². The Bertz CT molecular complexity index is 1200. The lowest BCUT2D eigenvalue weighted by Gasteiger charge is -2.35. The highest BCUT2D eigenvalue weighted by atomic mass is 19.1. The lowest BCUT2D eigenvalue weighted by molar-refractivity contribution is 0.356. The van der Waals surface area contributed by atoms with Crippen molar-refractivity contribution in [3.63, 3.8) is 0 Å². The van der Waals surface area contributed by atoms with Gasteiger partial charge in [0.2, 0.25) is 0 Å². The maximum atomic E-state index is 15.1. The first-order valence-corrected chi connectivity index (χ1v) is 10.0. The first-order chi connectivity index (χ1) is 15.0. The van der Waals surface area contributed by atoms with Crippen molar-refractivity contribution in [1.29, 1.82) is 0 Å². The molecule has 2 aromatic heterocycles. The summed E-state index contributed by atoms with van der Waals surface area (Å²) < 4.78 is 25.9. The molecule has 0 saturated carbocycles. The van der Waals surface area contributed by atoms with E-state index in [1.54, 1.807) is 38.7 Å². The number of hydrogen-bond acceptors (Lipinski definition) is 6. The fourth-order valence-corrected chi connectivity index (χ4v) is 4.30. The van der Waals surface area contributed by atoms with Gasteiger partial charge >= 0.3 is 0 Å². The van der Waals surface area contributed by atoms with E-state index in [1.165, 1.54) is 4.80 Å². The van der Waals surface area contributed by atoms with E-state index in [9.17, 15) is 0 Å². The number of methoxy groups -OCH3 is 2. The summed E-state index contributed by atoms with van der Waals surface area (Å²) in [5.74, 6) is 1.57. The second kappa shape index (κ2) is 7.26. The van der Waals surface area contributed by atoms with Crippen LogP contribution in [-0.2, 0) is 5.54 Å². The molecule has 3 heterocycles. The van der Waals surface area contributed by atoms with Gasteiger partial charge in [-0.15, -0.1) is 0 Å². The standard InChI is InChI=1S/C22H22FN6O2/c1-22(21-26-16-12-19(30-2)20(31-3)13-17(16)27-21)7-4-10-28(22)18-6-5-14(11-15(18)23)29-24-8-9-25-29/h5-6,8-9,12-13H,4,7,10H2,1-3H3,(H,26,27)/t22-/m0/s1. The minimum absolute atomic E-state index is 0.442. The summed E-state index contributed by atoms with van der Waals surface area (Å²) in [6.45, 7) is 2.79. The van der Waals surface area contributed by atoms with Crippen LogP contribution in [0.4, 0.5) is 10.1 Å². The number of rotatable bonds is 5. The molecule has 0 bridgehead atoms. The van der Waals surface area contributed by atoms with Crippen LogP contribution in [-0.4, -0.2) is 45.7 Å². The van der Waals surface area contributed by atoms with Crippen molar-refractivity contribution < 1.29 is 13.9 Å². The molecule has 5 rings (SSSR count). The summed E-state index contributed by atoms with van der Waals surface area (Å²) in [5, 5.41) is 8.08. The Hall–Kier alpha value is -3.62. The molecule has 1 saturated heterocycles. The fourth-order valence-electron chi connectivity index (χ4n) is 4.30. The molecule has 9 heteroatoms. The molecule has 1 radical (unpaired) electrons. The molecule has 4 aromatic rings. The highest BCUT2D eigenvalue weighted by Crippen LogP contribution is 2.43. The molecule has 1 aliphatic rings. The lowest BCUT2D eigenvalue weighted by Crippen LogP contribution is -2.40. The van der Waals surface area contributed by atoms with Gasteiger partial charge in [0.15, 0.2) is 17.3 Å².